The third kappa shape index (κ3) is 6.42. The van der Waals surface area contributed by atoms with Crippen LogP contribution in [-0.2, 0) is 16.0 Å². The number of benzene rings is 2. The van der Waals surface area contributed by atoms with Crippen molar-refractivity contribution in [3.63, 3.8) is 0 Å². The Balaban J connectivity index is 0.000000589. The molecule has 0 saturated carbocycles. The van der Waals surface area contributed by atoms with Crippen LogP contribution in [0.4, 0.5) is 0 Å². The number of carbonyl (C=O) groups is 1. The van der Waals surface area contributed by atoms with Gasteiger partial charge in [0.15, 0.2) is 0 Å². The molecule has 0 spiro atoms. The lowest BCUT2D eigenvalue weighted by Gasteiger charge is -2.25. The van der Waals surface area contributed by atoms with Gasteiger partial charge in [-0.15, -0.1) is 0 Å². The number of carboxylic acids is 1. The summed E-state index contributed by atoms with van der Waals surface area (Å²) in [5.74, 6) is -1.08. The highest BCUT2D eigenvalue weighted by molar-refractivity contribution is 5.90. The summed E-state index contributed by atoms with van der Waals surface area (Å²) in [6, 6.07) is 19.3. The first kappa shape index (κ1) is 22.0. The van der Waals surface area contributed by atoms with Crippen LogP contribution in [0.5, 0.6) is 0 Å². The molecular formula is C24H31N3O3. The predicted octanol–water partition coefficient (Wildman–Crippen LogP) is 1.03. The van der Waals surface area contributed by atoms with E-state index in [9.17, 15) is 0 Å². The van der Waals surface area contributed by atoms with Gasteiger partial charge in [-0.05, 0) is 24.1 Å². The molecule has 2 aromatic carbocycles. The van der Waals surface area contributed by atoms with Gasteiger partial charge in [0.1, 0.15) is 0 Å². The first-order valence-corrected chi connectivity index (χ1v) is 10.6. The number of H-pyrrole nitrogens is 1. The smallest absolute Gasteiger partial charge is 0.0884 e. The molecule has 3 aromatic rings. The van der Waals surface area contributed by atoms with Gasteiger partial charge < -0.3 is 24.9 Å². The standard InChI is InChI=1S/C22H27N3O.C2H4O2/c1-2-6-18(7-3-1)22-20(19-8-4-5-9-21(19)24-22)10-11-23-12-13-25-14-16-26-17-15-25;1-2(3)4/h1-9,23-24H,10-17H2;1H3,(H,3,4). The second kappa shape index (κ2) is 11.5. The molecule has 2 heterocycles. The number of nitrogens with one attached hydrogen (secondary N) is 1. The molecule has 30 heavy (non-hydrogen) atoms. The lowest BCUT2D eigenvalue weighted by Crippen LogP contribution is -2.86. The average molecular weight is 410 g/mol. The highest BCUT2D eigenvalue weighted by Gasteiger charge is 2.14. The Hall–Kier alpha value is -2.67. The van der Waals surface area contributed by atoms with Crippen molar-refractivity contribution in [3.05, 3.63) is 60.2 Å². The highest BCUT2D eigenvalue weighted by atomic mass is 16.5. The van der Waals surface area contributed by atoms with Crippen LogP contribution in [0.3, 0.4) is 0 Å². The minimum absolute atomic E-state index is 0.885. The molecule has 0 bridgehead atoms. The molecule has 160 valence electrons. The fraction of sp³-hybridized carbons (Fsp3) is 0.375. The zero-order chi connectivity index (χ0) is 21.2. The number of morpholine rings is 1. The van der Waals surface area contributed by atoms with Crippen molar-refractivity contribution in [2.24, 2.45) is 0 Å². The fourth-order valence-electron chi connectivity index (χ4n) is 3.80. The van der Waals surface area contributed by atoms with Crippen molar-refractivity contribution in [1.29, 1.82) is 0 Å². The van der Waals surface area contributed by atoms with Gasteiger partial charge in [-0.25, -0.2) is 0 Å². The van der Waals surface area contributed by atoms with Gasteiger partial charge >= 0.3 is 0 Å². The quantitative estimate of drug-likeness (QED) is 0.571. The molecule has 0 radical (unpaired) electrons. The third-order valence-corrected chi connectivity index (χ3v) is 5.23. The number of aliphatic carboxylic acids is 1. The maximum atomic E-state index is 8.89. The van der Waals surface area contributed by atoms with Gasteiger partial charge in [0.2, 0.25) is 0 Å². The Kier molecular flexibility index (Phi) is 8.44. The summed E-state index contributed by atoms with van der Waals surface area (Å²) in [6.07, 6.45) is 1.08. The summed E-state index contributed by atoms with van der Waals surface area (Å²) in [5, 5.41) is 12.7. The number of hydrogen-bond acceptors (Lipinski definition) is 4. The van der Waals surface area contributed by atoms with Gasteiger partial charge in [0.25, 0.3) is 0 Å². The number of nitrogens with two attached hydrogens (primary N) is 1. The van der Waals surface area contributed by atoms with Crippen molar-refractivity contribution in [3.8, 4) is 11.3 Å². The molecule has 1 saturated heterocycles. The third-order valence-electron chi connectivity index (χ3n) is 5.23. The van der Waals surface area contributed by atoms with E-state index in [2.05, 4.69) is 69.8 Å². The molecule has 3 N–H and O–H groups in total. The molecule has 6 heteroatoms. The highest BCUT2D eigenvalue weighted by Crippen LogP contribution is 2.30. The fourth-order valence-corrected chi connectivity index (χ4v) is 3.80. The molecule has 1 aromatic heterocycles. The Morgan fingerprint density at radius 3 is 2.47 bits per heavy atom. The number of ether oxygens (including phenoxy) is 1. The van der Waals surface area contributed by atoms with Crippen molar-refractivity contribution < 1.29 is 20.0 Å². The molecule has 1 aliphatic rings. The van der Waals surface area contributed by atoms with Crippen LogP contribution >= 0.6 is 0 Å². The van der Waals surface area contributed by atoms with Crippen molar-refractivity contribution in [1.82, 2.24) is 9.88 Å². The molecule has 0 unspecified atom stereocenters. The topological polar surface area (TPSA) is 85.0 Å². The van der Waals surface area contributed by atoms with Crippen LogP contribution in [-0.4, -0.2) is 61.8 Å². The Labute approximate surface area is 177 Å². The van der Waals surface area contributed by atoms with E-state index in [0.717, 1.165) is 59.3 Å². The molecule has 0 aliphatic carbocycles. The number of nitrogens with zero attached hydrogens (tertiary/aromatic N) is 1. The second-order valence-electron chi connectivity index (χ2n) is 7.45. The van der Waals surface area contributed by atoms with Gasteiger partial charge in [-0.2, -0.15) is 0 Å². The molecule has 1 fully saturated rings. The number of quaternary nitrogens is 1. The number of aromatic amines is 1. The zero-order valence-electron chi connectivity index (χ0n) is 17.6. The van der Waals surface area contributed by atoms with Crippen LogP contribution in [0.25, 0.3) is 22.2 Å². The lowest BCUT2D eigenvalue weighted by molar-refractivity contribution is -0.654. The van der Waals surface area contributed by atoms with Gasteiger partial charge in [0.05, 0.1) is 26.3 Å². The number of fused-ring (bicyclic) bond motifs is 1. The van der Waals surface area contributed by atoms with E-state index in [0.29, 0.717) is 0 Å². The summed E-state index contributed by atoms with van der Waals surface area (Å²) in [6.45, 7) is 8.33. The number of aromatic nitrogens is 1. The van der Waals surface area contributed by atoms with Crippen molar-refractivity contribution in [2.45, 2.75) is 13.3 Å². The van der Waals surface area contributed by atoms with E-state index in [-0.39, 0.29) is 0 Å². The van der Waals surface area contributed by atoms with E-state index in [4.69, 9.17) is 14.6 Å². The van der Waals surface area contributed by atoms with E-state index >= 15 is 0 Å². The minimum atomic E-state index is -1.08. The summed E-state index contributed by atoms with van der Waals surface area (Å²) in [5.41, 5.74) is 5.21. The number of carboxylic acid groups (broad SMARTS) is 1. The van der Waals surface area contributed by atoms with Crippen molar-refractivity contribution in [2.75, 3.05) is 45.9 Å². The number of rotatable bonds is 7. The maximum Gasteiger partial charge on any atom is 0.0884 e. The average Bonchev–Trinajstić information content (AvgIpc) is 3.13. The van der Waals surface area contributed by atoms with E-state index < -0.39 is 5.97 Å². The molecular weight excluding hydrogens is 378 g/mol. The first-order valence-electron chi connectivity index (χ1n) is 10.6. The molecule has 1 aliphatic heterocycles. The summed E-state index contributed by atoms with van der Waals surface area (Å²) in [4.78, 5) is 15.0. The molecule has 6 nitrogen and oxygen atoms in total. The monoisotopic (exact) mass is 409 g/mol. The molecule has 0 atom stereocenters. The van der Waals surface area contributed by atoms with E-state index in [1.165, 1.54) is 27.7 Å². The SMILES string of the molecule is CC(=O)[O-].c1ccc(-c2[nH]c3ccccc3c2CC[NH2+]CCN2CCOCC2)cc1. The minimum Gasteiger partial charge on any atom is -0.550 e. The first-order chi connectivity index (χ1) is 14.6. The van der Waals surface area contributed by atoms with Crippen LogP contribution in [0.2, 0.25) is 0 Å². The number of carbonyl (C=O) groups excluding carboxylic acids is 1. The summed E-state index contributed by atoms with van der Waals surface area (Å²) >= 11 is 0. The Bertz CT molecular complexity index is 914. The second-order valence-corrected chi connectivity index (χ2v) is 7.45. The van der Waals surface area contributed by atoms with Crippen LogP contribution in [0.15, 0.2) is 54.6 Å². The van der Waals surface area contributed by atoms with E-state index in [1.807, 2.05) is 0 Å². The predicted molar refractivity (Wildman–Crippen MR) is 117 cm³/mol. The molecule has 0 amide bonds. The zero-order valence-corrected chi connectivity index (χ0v) is 17.6. The number of hydrogen-bond donors (Lipinski definition) is 2. The largest absolute Gasteiger partial charge is 0.550 e. The van der Waals surface area contributed by atoms with Crippen LogP contribution in [0, 0.1) is 0 Å². The molecule has 4 rings (SSSR count). The van der Waals surface area contributed by atoms with Gasteiger partial charge in [-0.1, -0.05) is 48.5 Å². The van der Waals surface area contributed by atoms with E-state index in [1.54, 1.807) is 0 Å². The van der Waals surface area contributed by atoms with Crippen LogP contribution in [0.1, 0.15) is 12.5 Å². The normalized spacial score (nSPS) is 14.3. The summed E-state index contributed by atoms with van der Waals surface area (Å²) in [7, 11) is 0. The Morgan fingerprint density at radius 1 is 1.07 bits per heavy atom. The van der Waals surface area contributed by atoms with Crippen LogP contribution < -0.4 is 10.4 Å². The summed E-state index contributed by atoms with van der Waals surface area (Å²) < 4.78 is 5.42. The van der Waals surface area contributed by atoms with Gasteiger partial charge in [0, 0.05) is 48.6 Å². The Morgan fingerprint density at radius 2 is 1.73 bits per heavy atom. The van der Waals surface area contributed by atoms with Crippen molar-refractivity contribution >= 4 is 16.9 Å². The maximum absolute atomic E-state index is 8.89. The number of para-hydroxylation sites is 1. The van der Waals surface area contributed by atoms with Gasteiger partial charge in [-0.3, -0.25) is 4.90 Å². The lowest BCUT2D eigenvalue weighted by atomic mass is 10.0.